The van der Waals surface area contributed by atoms with Crippen molar-refractivity contribution in [3.05, 3.63) is 75.4 Å². The van der Waals surface area contributed by atoms with E-state index >= 15 is 0 Å². The number of nitrogens with zero attached hydrogens (tertiary/aromatic N) is 2. The number of hydrogen-bond acceptors (Lipinski definition) is 3. The second-order valence-corrected chi connectivity index (χ2v) is 6.78. The van der Waals surface area contributed by atoms with Crippen LogP contribution in [0.1, 0.15) is 31.1 Å². The molecule has 0 aliphatic carbocycles. The van der Waals surface area contributed by atoms with Gasteiger partial charge in [0.05, 0.1) is 0 Å². The quantitative estimate of drug-likeness (QED) is 0.651. The third-order valence-electron chi connectivity index (χ3n) is 4.04. The van der Waals surface area contributed by atoms with Gasteiger partial charge in [0.1, 0.15) is 5.54 Å². The number of rotatable bonds is 2. The molecule has 22 heavy (non-hydrogen) atoms. The van der Waals surface area contributed by atoms with Gasteiger partial charge in [0.15, 0.2) is 0 Å². The number of hydroxylamine groups is 3. The fourth-order valence-electron chi connectivity index (χ4n) is 2.89. The Morgan fingerprint density at radius 2 is 1.68 bits per heavy atom. The van der Waals surface area contributed by atoms with Gasteiger partial charge >= 0.3 is 0 Å². The SMILES string of the molecule is CC1(C)C(c2ccccc2)=[N+]([O-])[C@@H](c2ccc(Br)cc2)N1O. The van der Waals surface area contributed by atoms with Gasteiger partial charge in [0.25, 0.3) is 6.17 Å². The monoisotopic (exact) mass is 360 g/mol. The molecule has 0 aromatic heterocycles. The Bertz CT molecular complexity index is 711. The molecule has 2 aromatic rings. The lowest BCUT2D eigenvalue weighted by atomic mass is 9.93. The lowest BCUT2D eigenvalue weighted by Crippen LogP contribution is -2.44. The van der Waals surface area contributed by atoms with Crippen molar-refractivity contribution >= 4 is 21.6 Å². The van der Waals surface area contributed by atoms with Crippen LogP contribution in [0.2, 0.25) is 0 Å². The highest BCUT2D eigenvalue weighted by atomic mass is 79.9. The summed E-state index contributed by atoms with van der Waals surface area (Å²) in [6.45, 7) is 3.69. The average molecular weight is 361 g/mol. The molecule has 0 spiro atoms. The fourth-order valence-corrected chi connectivity index (χ4v) is 3.16. The molecule has 0 amide bonds. The van der Waals surface area contributed by atoms with Crippen LogP contribution in [0, 0.1) is 5.21 Å². The first-order valence-corrected chi connectivity index (χ1v) is 7.85. The highest BCUT2D eigenvalue weighted by Gasteiger charge is 2.52. The summed E-state index contributed by atoms with van der Waals surface area (Å²) in [4.78, 5) is 0. The van der Waals surface area contributed by atoms with E-state index in [1.807, 2.05) is 68.4 Å². The van der Waals surface area contributed by atoms with Crippen LogP contribution in [0.4, 0.5) is 0 Å². The summed E-state index contributed by atoms with van der Waals surface area (Å²) < 4.78 is 1.83. The summed E-state index contributed by atoms with van der Waals surface area (Å²) in [6.07, 6.45) is -0.752. The van der Waals surface area contributed by atoms with Gasteiger partial charge in [-0.2, -0.15) is 4.74 Å². The van der Waals surface area contributed by atoms with Gasteiger partial charge in [0, 0.05) is 15.6 Å². The maximum Gasteiger partial charge on any atom is 0.268 e. The Kier molecular flexibility index (Phi) is 3.80. The number of halogens is 1. The second kappa shape index (κ2) is 5.50. The molecular formula is C17H17BrN2O2. The molecule has 0 fully saturated rings. The number of hydrogen-bond donors (Lipinski definition) is 1. The lowest BCUT2D eigenvalue weighted by Gasteiger charge is -2.25. The third-order valence-corrected chi connectivity index (χ3v) is 4.57. The van der Waals surface area contributed by atoms with E-state index < -0.39 is 11.7 Å². The van der Waals surface area contributed by atoms with Gasteiger partial charge in [-0.25, -0.2) is 0 Å². The van der Waals surface area contributed by atoms with Gasteiger partial charge in [-0.3, -0.25) is 0 Å². The van der Waals surface area contributed by atoms with Crippen LogP contribution >= 0.6 is 15.9 Å². The van der Waals surface area contributed by atoms with E-state index in [0.717, 1.165) is 25.4 Å². The van der Waals surface area contributed by atoms with Gasteiger partial charge in [-0.05, 0) is 50.2 Å². The average Bonchev–Trinajstić information content (AvgIpc) is 2.67. The van der Waals surface area contributed by atoms with Crippen molar-refractivity contribution in [3.8, 4) is 0 Å². The third kappa shape index (κ3) is 2.35. The zero-order chi connectivity index (χ0) is 15.9. The summed E-state index contributed by atoms with van der Waals surface area (Å²) in [5.41, 5.74) is 1.35. The van der Waals surface area contributed by atoms with Gasteiger partial charge in [-0.15, -0.1) is 5.06 Å². The Morgan fingerprint density at radius 3 is 2.27 bits per heavy atom. The first-order chi connectivity index (χ1) is 10.4. The van der Waals surface area contributed by atoms with E-state index in [0.29, 0.717) is 5.71 Å². The van der Waals surface area contributed by atoms with E-state index in [4.69, 9.17) is 0 Å². The van der Waals surface area contributed by atoms with Crippen LogP contribution in [-0.2, 0) is 0 Å². The van der Waals surface area contributed by atoms with Gasteiger partial charge in [0.2, 0.25) is 5.71 Å². The minimum Gasteiger partial charge on any atom is -0.622 e. The molecule has 0 saturated carbocycles. The number of benzene rings is 2. The van der Waals surface area contributed by atoms with E-state index in [1.54, 1.807) is 0 Å². The molecule has 0 radical (unpaired) electrons. The van der Waals surface area contributed by atoms with Crippen molar-refractivity contribution in [3.63, 3.8) is 0 Å². The molecule has 114 valence electrons. The van der Waals surface area contributed by atoms with Crippen LogP contribution in [-0.4, -0.2) is 26.3 Å². The maximum absolute atomic E-state index is 12.9. The summed E-state index contributed by atoms with van der Waals surface area (Å²) in [5, 5.41) is 24.6. The van der Waals surface area contributed by atoms with Crippen molar-refractivity contribution in [2.24, 2.45) is 0 Å². The van der Waals surface area contributed by atoms with E-state index in [9.17, 15) is 10.4 Å². The van der Waals surface area contributed by atoms with Crippen LogP contribution in [0.3, 0.4) is 0 Å². The molecule has 4 nitrogen and oxygen atoms in total. The normalized spacial score (nSPS) is 21.4. The Balaban J connectivity index is 2.13. The van der Waals surface area contributed by atoms with E-state index in [-0.39, 0.29) is 0 Å². The summed E-state index contributed by atoms with van der Waals surface area (Å²) in [6, 6.07) is 16.9. The molecule has 1 atom stereocenters. The van der Waals surface area contributed by atoms with E-state index in [2.05, 4.69) is 15.9 Å². The summed E-state index contributed by atoms with van der Waals surface area (Å²) >= 11 is 3.38. The Morgan fingerprint density at radius 1 is 1.09 bits per heavy atom. The van der Waals surface area contributed by atoms with Crippen molar-refractivity contribution in [1.29, 1.82) is 0 Å². The summed E-state index contributed by atoms with van der Waals surface area (Å²) in [5.74, 6) is 0. The molecule has 1 aliphatic rings. The second-order valence-electron chi connectivity index (χ2n) is 5.87. The minimum atomic E-state index is -0.777. The van der Waals surface area contributed by atoms with Crippen molar-refractivity contribution in [1.82, 2.24) is 5.06 Å². The molecule has 0 bridgehead atoms. The Hall–Kier alpha value is -1.69. The highest BCUT2D eigenvalue weighted by Crippen LogP contribution is 2.36. The molecule has 3 rings (SSSR count). The summed E-state index contributed by atoms with van der Waals surface area (Å²) in [7, 11) is 0. The molecule has 2 aromatic carbocycles. The topological polar surface area (TPSA) is 49.5 Å². The van der Waals surface area contributed by atoms with Crippen LogP contribution < -0.4 is 0 Å². The van der Waals surface area contributed by atoms with Gasteiger partial charge in [-0.1, -0.05) is 34.1 Å². The molecule has 0 unspecified atom stereocenters. The Labute approximate surface area is 138 Å². The van der Waals surface area contributed by atoms with Crippen LogP contribution in [0.15, 0.2) is 59.1 Å². The minimum absolute atomic E-state index is 0.559. The first-order valence-electron chi connectivity index (χ1n) is 7.06. The first kappa shape index (κ1) is 15.2. The van der Waals surface area contributed by atoms with Crippen molar-refractivity contribution < 1.29 is 9.95 Å². The van der Waals surface area contributed by atoms with Crippen LogP contribution in [0.5, 0.6) is 0 Å². The van der Waals surface area contributed by atoms with E-state index in [1.165, 1.54) is 0 Å². The van der Waals surface area contributed by atoms with Crippen molar-refractivity contribution in [2.45, 2.75) is 25.6 Å². The predicted molar refractivity (Wildman–Crippen MR) is 88.8 cm³/mol. The van der Waals surface area contributed by atoms with Gasteiger partial charge < -0.3 is 10.4 Å². The lowest BCUT2D eigenvalue weighted by molar-refractivity contribution is -0.544. The fraction of sp³-hybridized carbons (Fsp3) is 0.235. The highest BCUT2D eigenvalue weighted by molar-refractivity contribution is 9.10. The van der Waals surface area contributed by atoms with Crippen LogP contribution in [0.25, 0.3) is 0 Å². The smallest absolute Gasteiger partial charge is 0.268 e. The maximum atomic E-state index is 12.9. The zero-order valence-corrected chi connectivity index (χ0v) is 14.0. The molecular weight excluding hydrogens is 344 g/mol. The predicted octanol–water partition coefficient (Wildman–Crippen LogP) is 3.93. The standard InChI is InChI=1S/C17H17BrN2O2/c1-17(2)15(12-6-4-3-5-7-12)19(21)16(20(17)22)13-8-10-14(18)11-9-13/h3-11,16,22H,1-2H3/t16-/m1/s1. The molecule has 0 saturated heterocycles. The molecule has 1 aliphatic heterocycles. The molecule has 5 heteroatoms. The largest absolute Gasteiger partial charge is 0.622 e. The molecule has 1 N–H and O–H groups in total. The zero-order valence-electron chi connectivity index (χ0n) is 12.4. The molecule has 1 heterocycles. The van der Waals surface area contributed by atoms with Crippen molar-refractivity contribution in [2.75, 3.05) is 0 Å².